The fraction of sp³-hybridized carbons (Fsp3) is 0.583. The molecule has 0 N–H and O–H groups in total. The predicted molar refractivity (Wildman–Crippen MR) is 123 cm³/mol. The highest BCUT2D eigenvalue weighted by Gasteiger charge is 2.19. The van der Waals surface area contributed by atoms with Gasteiger partial charge in [0.1, 0.15) is 0 Å². The molecule has 0 aromatic carbocycles. The third kappa shape index (κ3) is 6.38. The van der Waals surface area contributed by atoms with E-state index in [-0.39, 0.29) is 11.6 Å². The summed E-state index contributed by atoms with van der Waals surface area (Å²) in [6, 6.07) is 4.31. The second kappa shape index (κ2) is 11.7. The maximum absolute atomic E-state index is 12.2. The summed E-state index contributed by atoms with van der Waals surface area (Å²) in [6.07, 6.45) is 11.7. The van der Waals surface area contributed by atoms with Crippen LogP contribution in [-0.4, -0.2) is 11.6 Å². The number of carbonyl (C=O) groups excluding carboxylic acids is 2. The summed E-state index contributed by atoms with van der Waals surface area (Å²) >= 11 is 3.22. The molecule has 4 heteroatoms. The summed E-state index contributed by atoms with van der Waals surface area (Å²) < 4.78 is 0. The van der Waals surface area contributed by atoms with Crippen LogP contribution in [0.25, 0.3) is 9.75 Å². The first-order valence-electron chi connectivity index (χ1n) is 10.8. The van der Waals surface area contributed by atoms with E-state index in [1.807, 2.05) is 0 Å². The van der Waals surface area contributed by atoms with Gasteiger partial charge in [0.25, 0.3) is 0 Å². The van der Waals surface area contributed by atoms with Gasteiger partial charge in [0.15, 0.2) is 11.6 Å². The molecule has 0 saturated carbocycles. The Bertz CT molecular complexity index is 783. The molecule has 2 nitrogen and oxygen atoms in total. The highest BCUT2D eigenvalue weighted by molar-refractivity contribution is 7.24. The Morgan fingerprint density at radius 2 is 1.36 bits per heavy atom. The van der Waals surface area contributed by atoms with E-state index < -0.39 is 0 Å². The number of carbonyl (C=O) groups is 2. The lowest BCUT2D eigenvalue weighted by Crippen LogP contribution is -1.94. The van der Waals surface area contributed by atoms with Gasteiger partial charge in [-0.05, 0) is 62.8 Å². The molecule has 2 rings (SSSR count). The summed E-state index contributed by atoms with van der Waals surface area (Å²) in [5.74, 6) is 0.295. The SMILES string of the molecule is CCCCCCc1cc(-c2sc(C(C)=O)cc2CCCCCC)sc1C(C)=O. The van der Waals surface area contributed by atoms with Crippen LogP contribution in [-0.2, 0) is 12.8 Å². The van der Waals surface area contributed by atoms with Gasteiger partial charge in [-0.2, -0.15) is 0 Å². The lowest BCUT2D eigenvalue weighted by atomic mass is 10.0. The zero-order chi connectivity index (χ0) is 20.5. The molecule has 0 radical (unpaired) electrons. The van der Waals surface area contributed by atoms with Crippen LogP contribution in [0.5, 0.6) is 0 Å². The van der Waals surface area contributed by atoms with Crippen molar-refractivity contribution in [1.82, 2.24) is 0 Å². The maximum atomic E-state index is 12.2. The molecule has 0 amide bonds. The van der Waals surface area contributed by atoms with Crippen molar-refractivity contribution < 1.29 is 9.59 Å². The standard InChI is InChI=1S/C24H34O2S2/c1-5-7-9-11-13-19-16-22(28-23(19)18(4)26)24-20(14-12-10-8-6-2)15-21(27-24)17(3)25/h15-16H,5-14H2,1-4H3. The first kappa shape index (κ1) is 23.0. The third-order valence-electron chi connectivity index (χ3n) is 5.11. The van der Waals surface area contributed by atoms with E-state index in [1.165, 1.54) is 59.4 Å². The molecule has 28 heavy (non-hydrogen) atoms. The Balaban J connectivity index is 2.28. The Morgan fingerprint density at radius 1 is 0.750 bits per heavy atom. The number of unbranched alkanes of at least 4 members (excludes halogenated alkanes) is 6. The minimum atomic E-state index is 0.134. The molecule has 2 aromatic rings. The average Bonchev–Trinajstić information content (AvgIpc) is 3.27. The molecule has 0 bridgehead atoms. The second-order valence-corrected chi connectivity index (χ2v) is 9.77. The topological polar surface area (TPSA) is 34.1 Å². The van der Waals surface area contributed by atoms with Crippen molar-refractivity contribution in [1.29, 1.82) is 0 Å². The van der Waals surface area contributed by atoms with Gasteiger partial charge in [0.2, 0.25) is 0 Å². The van der Waals surface area contributed by atoms with Crippen molar-refractivity contribution in [2.24, 2.45) is 0 Å². The van der Waals surface area contributed by atoms with Crippen molar-refractivity contribution in [2.75, 3.05) is 0 Å². The molecular weight excluding hydrogens is 384 g/mol. The van der Waals surface area contributed by atoms with Crippen LogP contribution in [0.4, 0.5) is 0 Å². The molecule has 2 aromatic heterocycles. The number of hydrogen-bond donors (Lipinski definition) is 0. The fourth-order valence-corrected chi connectivity index (χ4v) is 5.85. The van der Waals surface area contributed by atoms with Crippen molar-refractivity contribution in [3.63, 3.8) is 0 Å². The molecular formula is C24H34O2S2. The van der Waals surface area contributed by atoms with Crippen LogP contribution < -0.4 is 0 Å². The normalized spacial score (nSPS) is 11.1. The van der Waals surface area contributed by atoms with E-state index in [2.05, 4.69) is 26.0 Å². The van der Waals surface area contributed by atoms with E-state index in [0.29, 0.717) is 0 Å². The Kier molecular flexibility index (Phi) is 9.60. The molecule has 0 atom stereocenters. The molecule has 0 aliphatic rings. The molecule has 0 aliphatic heterocycles. The van der Waals surface area contributed by atoms with E-state index in [4.69, 9.17) is 0 Å². The number of thiophene rings is 2. The van der Waals surface area contributed by atoms with Gasteiger partial charge < -0.3 is 0 Å². The maximum Gasteiger partial charge on any atom is 0.170 e. The van der Waals surface area contributed by atoms with Gasteiger partial charge in [0, 0.05) is 9.75 Å². The van der Waals surface area contributed by atoms with Crippen molar-refractivity contribution >= 4 is 34.2 Å². The van der Waals surface area contributed by atoms with Crippen LogP contribution >= 0.6 is 22.7 Å². The van der Waals surface area contributed by atoms with E-state index in [1.54, 1.807) is 36.5 Å². The Morgan fingerprint density at radius 3 is 1.89 bits per heavy atom. The third-order valence-corrected chi connectivity index (χ3v) is 7.84. The quantitative estimate of drug-likeness (QED) is 0.243. The number of Topliss-reactive ketones (excluding diaryl/α,β-unsaturated/α-hetero) is 2. The minimum absolute atomic E-state index is 0.134. The first-order valence-corrected chi connectivity index (χ1v) is 12.4. The summed E-state index contributed by atoms with van der Waals surface area (Å²) in [5.41, 5.74) is 2.47. The number of ketones is 2. The summed E-state index contributed by atoms with van der Waals surface area (Å²) in [7, 11) is 0. The molecule has 0 spiro atoms. The summed E-state index contributed by atoms with van der Waals surface area (Å²) in [4.78, 5) is 28.3. The Hall–Kier alpha value is -1.26. The van der Waals surface area contributed by atoms with E-state index in [0.717, 1.165) is 35.4 Å². The van der Waals surface area contributed by atoms with Crippen LogP contribution in [0, 0.1) is 0 Å². The van der Waals surface area contributed by atoms with Gasteiger partial charge in [-0.3, -0.25) is 9.59 Å². The molecule has 0 unspecified atom stereocenters. The van der Waals surface area contributed by atoms with Crippen molar-refractivity contribution in [2.45, 2.75) is 91.9 Å². The molecule has 154 valence electrons. The highest BCUT2D eigenvalue weighted by Crippen LogP contribution is 2.40. The fourth-order valence-electron chi connectivity index (χ4n) is 3.51. The second-order valence-electron chi connectivity index (χ2n) is 7.66. The summed E-state index contributed by atoms with van der Waals surface area (Å²) in [6.45, 7) is 7.76. The molecule has 0 aliphatic carbocycles. The van der Waals surface area contributed by atoms with Crippen LogP contribution in [0.2, 0.25) is 0 Å². The van der Waals surface area contributed by atoms with Gasteiger partial charge in [-0.25, -0.2) is 0 Å². The minimum Gasteiger partial charge on any atom is -0.294 e. The number of rotatable bonds is 13. The van der Waals surface area contributed by atoms with E-state index in [9.17, 15) is 9.59 Å². The van der Waals surface area contributed by atoms with Crippen LogP contribution in [0.15, 0.2) is 12.1 Å². The lowest BCUT2D eigenvalue weighted by molar-refractivity contribution is 0.101. The first-order chi connectivity index (χ1) is 13.5. The smallest absolute Gasteiger partial charge is 0.170 e. The largest absolute Gasteiger partial charge is 0.294 e. The van der Waals surface area contributed by atoms with Crippen LogP contribution in [0.3, 0.4) is 0 Å². The van der Waals surface area contributed by atoms with Gasteiger partial charge in [-0.1, -0.05) is 52.4 Å². The van der Waals surface area contributed by atoms with E-state index >= 15 is 0 Å². The summed E-state index contributed by atoms with van der Waals surface area (Å²) in [5, 5.41) is 0. The monoisotopic (exact) mass is 418 g/mol. The molecule has 0 fully saturated rings. The van der Waals surface area contributed by atoms with Gasteiger partial charge in [0.05, 0.1) is 9.75 Å². The van der Waals surface area contributed by atoms with Crippen molar-refractivity contribution in [3.05, 3.63) is 33.0 Å². The number of aryl methyl sites for hydroxylation is 2. The Labute approximate surface area is 178 Å². The molecule has 0 saturated heterocycles. The number of hydrogen-bond acceptors (Lipinski definition) is 4. The lowest BCUT2D eigenvalue weighted by Gasteiger charge is -2.02. The van der Waals surface area contributed by atoms with Gasteiger partial charge >= 0.3 is 0 Å². The zero-order valence-corrected chi connectivity index (χ0v) is 19.5. The highest BCUT2D eigenvalue weighted by atomic mass is 32.1. The van der Waals surface area contributed by atoms with Crippen molar-refractivity contribution in [3.8, 4) is 9.75 Å². The van der Waals surface area contributed by atoms with Gasteiger partial charge in [-0.15, -0.1) is 22.7 Å². The average molecular weight is 419 g/mol. The molecule has 2 heterocycles. The predicted octanol–water partition coefficient (Wildman–Crippen LogP) is 8.13. The zero-order valence-electron chi connectivity index (χ0n) is 17.9. The van der Waals surface area contributed by atoms with Crippen LogP contribution in [0.1, 0.15) is 110 Å².